The third-order valence-electron chi connectivity index (χ3n) is 8.96. The van der Waals surface area contributed by atoms with Crippen molar-refractivity contribution in [3.63, 3.8) is 0 Å². The highest BCUT2D eigenvalue weighted by molar-refractivity contribution is 6.15. The van der Waals surface area contributed by atoms with Crippen molar-refractivity contribution in [3.8, 4) is 33.8 Å². The van der Waals surface area contributed by atoms with Gasteiger partial charge in [0.2, 0.25) is 0 Å². The number of fused-ring (bicyclic) bond motifs is 9. The van der Waals surface area contributed by atoms with Crippen LogP contribution in [0.3, 0.4) is 0 Å². The van der Waals surface area contributed by atoms with E-state index in [9.17, 15) is 0 Å². The smallest absolute Gasteiger partial charge is 0.138 e. The van der Waals surface area contributed by atoms with Crippen molar-refractivity contribution in [2.24, 2.45) is 0 Å². The fourth-order valence-corrected chi connectivity index (χ4v) is 7.21. The van der Waals surface area contributed by atoms with E-state index < -0.39 is 0 Å². The van der Waals surface area contributed by atoms with Crippen molar-refractivity contribution >= 4 is 54.5 Å². The molecule has 0 fully saturated rings. The SMILES string of the molecule is c1cc2c3c(ccnc3c1)-c1cnc(-n3c4ccccc4c4cc(-n5c6ccccc6c6ccccc65)ccc43)cc1-2. The van der Waals surface area contributed by atoms with E-state index in [-0.39, 0.29) is 0 Å². The van der Waals surface area contributed by atoms with Gasteiger partial charge in [-0.3, -0.25) is 9.55 Å². The molecule has 0 bridgehead atoms. The second kappa shape index (κ2) is 7.93. The predicted octanol–water partition coefficient (Wildman–Crippen LogP) is 9.47. The molecule has 194 valence electrons. The number of hydrogen-bond acceptors (Lipinski definition) is 2. The van der Waals surface area contributed by atoms with Crippen molar-refractivity contribution in [3.05, 3.63) is 134 Å². The first-order valence-electron chi connectivity index (χ1n) is 14.3. The van der Waals surface area contributed by atoms with E-state index in [4.69, 9.17) is 4.98 Å². The molecule has 5 aromatic carbocycles. The zero-order valence-electron chi connectivity index (χ0n) is 22.5. The zero-order chi connectivity index (χ0) is 27.4. The highest BCUT2D eigenvalue weighted by Gasteiger charge is 2.24. The standard InChI is InChI=1S/C38H22N4/c1-4-13-33-24(8-1)25-9-2-5-14-34(25)41(33)23-16-17-36-30(20-23)26-10-3-6-15-35(26)42(36)37-21-29-27-11-7-12-32-38(27)28(18-19-39-32)31(29)22-40-37/h1-22H. The molecule has 0 N–H and O–H groups in total. The Kier molecular flexibility index (Phi) is 4.15. The molecule has 0 saturated carbocycles. The first kappa shape index (κ1) is 22.0. The van der Waals surface area contributed by atoms with Gasteiger partial charge in [-0.05, 0) is 71.3 Å². The lowest BCUT2D eigenvalue weighted by molar-refractivity contribution is 1.08. The molecule has 4 heterocycles. The van der Waals surface area contributed by atoms with Gasteiger partial charge in [-0.15, -0.1) is 0 Å². The number of benzene rings is 5. The third kappa shape index (κ3) is 2.76. The summed E-state index contributed by atoms with van der Waals surface area (Å²) in [4.78, 5) is 9.67. The molecule has 0 saturated heterocycles. The van der Waals surface area contributed by atoms with Gasteiger partial charge >= 0.3 is 0 Å². The predicted molar refractivity (Wildman–Crippen MR) is 173 cm³/mol. The molecule has 4 heteroatoms. The second-order valence-corrected chi connectivity index (χ2v) is 11.1. The number of nitrogens with zero attached hydrogens (tertiary/aromatic N) is 4. The minimum absolute atomic E-state index is 0.919. The highest BCUT2D eigenvalue weighted by Crippen LogP contribution is 2.47. The lowest BCUT2D eigenvalue weighted by Gasteiger charge is -2.11. The summed E-state index contributed by atoms with van der Waals surface area (Å²) in [5.41, 5.74) is 11.7. The van der Waals surface area contributed by atoms with Gasteiger partial charge in [0.25, 0.3) is 0 Å². The third-order valence-corrected chi connectivity index (χ3v) is 8.96. The van der Waals surface area contributed by atoms with Gasteiger partial charge in [0.05, 0.1) is 27.6 Å². The second-order valence-electron chi connectivity index (χ2n) is 11.1. The lowest BCUT2D eigenvalue weighted by Crippen LogP contribution is -1.98. The molecule has 0 radical (unpaired) electrons. The maximum Gasteiger partial charge on any atom is 0.138 e. The molecule has 0 atom stereocenters. The Morgan fingerprint density at radius 1 is 0.429 bits per heavy atom. The van der Waals surface area contributed by atoms with Gasteiger partial charge < -0.3 is 4.57 Å². The van der Waals surface area contributed by atoms with Gasteiger partial charge in [0.1, 0.15) is 5.82 Å². The summed E-state index contributed by atoms with van der Waals surface area (Å²) in [6, 6.07) is 43.6. The Morgan fingerprint density at radius 2 is 1.07 bits per heavy atom. The van der Waals surface area contributed by atoms with Crippen LogP contribution in [-0.2, 0) is 0 Å². The van der Waals surface area contributed by atoms with Gasteiger partial charge in [0, 0.05) is 50.6 Å². The van der Waals surface area contributed by atoms with E-state index in [2.05, 4.69) is 135 Å². The van der Waals surface area contributed by atoms with Crippen LogP contribution in [0.15, 0.2) is 134 Å². The summed E-state index contributed by atoms with van der Waals surface area (Å²) < 4.78 is 4.69. The molecule has 1 aliphatic rings. The van der Waals surface area contributed by atoms with Crippen molar-refractivity contribution in [2.45, 2.75) is 0 Å². The fraction of sp³-hybridized carbons (Fsp3) is 0. The van der Waals surface area contributed by atoms with Crippen LogP contribution < -0.4 is 0 Å². The summed E-state index contributed by atoms with van der Waals surface area (Å²) in [6.45, 7) is 0. The van der Waals surface area contributed by atoms with Crippen molar-refractivity contribution < 1.29 is 0 Å². The summed E-state index contributed by atoms with van der Waals surface area (Å²) in [6.07, 6.45) is 3.93. The van der Waals surface area contributed by atoms with Crippen LogP contribution in [0.4, 0.5) is 0 Å². The van der Waals surface area contributed by atoms with Crippen molar-refractivity contribution in [1.29, 1.82) is 0 Å². The minimum Gasteiger partial charge on any atom is -0.309 e. The van der Waals surface area contributed by atoms with E-state index in [0.717, 1.165) is 28.1 Å². The molecule has 42 heavy (non-hydrogen) atoms. The fourth-order valence-electron chi connectivity index (χ4n) is 7.21. The minimum atomic E-state index is 0.919. The topological polar surface area (TPSA) is 35.6 Å². The van der Waals surface area contributed by atoms with Crippen molar-refractivity contribution in [2.75, 3.05) is 0 Å². The van der Waals surface area contributed by atoms with E-state index in [1.807, 2.05) is 12.4 Å². The molecular weight excluding hydrogens is 512 g/mol. The summed E-state index contributed by atoms with van der Waals surface area (Å²) >= 11 is 0. The molecule has 0 aliphatic heterocycles. The van der Waals surface area contributed by atoms with Crippen LogP contribution >= 0.6 is 0 Å². The van der Waals surface area contributed by atoms with Crippen LogP contribution in [0.25, 0.3) is 88.3 Å². The number of pyridine rings is 2. The zero-order valence-corrected chi connectivity index (χ0v) is 22.5. The Bertz CT molecular complexity index is 2530. The molecule has 0 unspecified atom stereocenters. The molecule has 4 aromatic heterocycles. The summed E-state index contributed by atoms with van der Waals surface area (Å²) in [5.74, 6) is 0.919. The normalized spacial score (nSPS) is 12.3. The first-order chi connectivity index (χ1) is 20.8. The number of aromatic nitrogens is 4. The first-order valence-corrected chi connectivity index (χ1v) is 14.3. The number of hydrogen-bond donors (Lipinski definition) is 0. The van der Waals surface area contributed by atoms with Gasteiger partial charge in [0.15, 0.2) is 0 Å². The summed E-state index contributed by atoms with van der Waals surface area (Å²) in [5, 5.41) is 6.18. The maximum atomic E-state index is 5.05. The van der Waals surface area contributed by atoms with E-state index in [1.165, 1.54) is 60.2 Å². The average Bonchev–Trinajstić information content (AvgIpc) is 3.68. The van der Waals surface area contributed by atoms with Gasteiger partial charge in [-0.2, -0.15) is 0 Å². The largest absolute Gasteiger partial charge is 0.309 e. The van der Waals surface area contributed by atoms with Crippen LogP contribution in [0, 0.1) is 0 Å². The van der Waals surface area contributed by atoms with Gasteiger partial charge in [-0.25, -0.2) is 4.98 Å². The monoisotopic (exact) mass is 534 g/mol. The Hall–Kier alpha value is -5.74. The van der Waals surface area contributed by atoms with E-state index >= 15 is 0 Å². The molecule has 0 amide bonds. The molecular formula is C38H22N4. The van der Waals surface area contributed by atoms with Crippen LogP contribution in [0.5, 0.6) is 0 Å². The lowest BCUT2D eigenvalue weighted by atomic mass is 10.1. The summed E-state index contributed by atoms with van der Waals surface area (Å²) in [7, 11) is 0. The molecule has 10 rings (SSSR count). The van der Waals surface area contributed by atoms with Crippen LogP contribution in [0.2, 0.25) is 0 Å². The average molecular weight is 535 g/mol. The number of para-hydroxylation sites is 3. The van der Waals surface area contributed by atoms with E-state index in [0.29, 0.717) is 0 Å². The Morgan fingerprint density at radius 3 is 1.83 bits per heavy atom. The Labute approximate surface area is 240 Å². The highest BCUT2D eigenvalue weighted by atomic mass is 15.1. The van der Waals surface area contributed by atoms with Crippen LogP contribution in [-0.4, -0.2) is 19.1 Å². The Balaban J connectivity index is 1.24. The molecule has 1 aliphatic carbocycles. The number of rotatable bonds is 2. The van der Waals surface area contributed by atoms with Gasteiger partial charge in [-0.1, -0.05) is 66.7 Å². The molecule has 0 spiro atoms. The van der Waals surface area contributed by atoms with E-state index in [1.54, 1.807) is 0 Å². The quantitative estimate of drug-likeness (QED) is 0.221. The van der Waals surface area contributed by atoms with Crippen molar-refractivity contribution in [1.82, 2.24) is 19.1 Å². The maximum absolute atomic E-state index is 5.05. The molecule has 9 aromatic rings. The molecule has 4 nitrogen and oxygen atoms in total. The van der Waals surface area contributed by atoms with Crippen LogP contribution in [0.1, 0.15) is 0 Å².